The van der Waals surface area contributed by atoms with Gasteiger partial charge in [-0.1, -0.05) is 0 Å². The predicted molar refractivity (Wildman–Crippen MR) is 38.9 cm³/mol. The molecule has 10 heavy (non-hydrogen) atoms. The van der Waals surface area contributed by atoms with Gasteiger partial charge in [0.25, 0.3) is 0 Å². The summed E-state index contributed by atoms with van der Waals surface area (Å²) < 4.78 is 5.32. The highest BCUT2D eigenvalue weighted by atomic mass is 16.5. The van der Waals surface area contributed by atoms with Crippen molar-refractivity contribution in [1.29, 1.82) is 0 Å². The zero-order valence-electron chi connectivity index (χ0n) is 6.58. The maximum absolute atomic E-state index is 8.74. The molecule has 3 nitrogen and oxygen atoms in total. The molecule has 1 heterocycles. The number of nitrogens with zero attached hydrogens (tertiary/aromatic N) is 1. The summed E-state index contributed by atoms with van der Waals surface area (Å²) in [5.74, 6) is 0. The van der Waals surface area contributed by atoms with Gasteiger partial charge in [-0.2, -0.15) is 0 Å². The highest BCUT2D eigenvalue weighted by molar-refractivity contribution is 4.73. The Labute approximate surface area is 61.6 Å². The molecule has 0 spiro atoms. The minimum Gasteiger partial charge on any atom is -0.394 e. The molecule has 0 aromatic heterocycles. The number of aliphatic hydroxyl groups excluding tert-OH is 1. The topological polar surface area (TPSA) is 32.7 Å². The van der Waals surface area contributed by atoms with Crippen LogP contribution in [-0.2, 0) is 4.74 Å². The van der Waals surface area contributed by atoms with E-state index in [0.717, 1.165) is 13.2 Å². The first-order valence-corrected chi connectivity index (χ1v) is 3.66. The normalized spacial score (nSPS) is 36.3. The number of aliphatic hydroxyl groups is 1. The van der Waals surface area contributed by atoms with Gasteiger partial charge in [0.15, 0.2) is 0 Å². The fraction of sp³-hybridized carbons (Fsp3) is 1.00. The molecule has 0 unspecified atom stereocenters. The van der Waals surface area contributed by atoms with Crippen LogP contribution >= 0.6 is 0 Å². The van der Waals surface area contributed by atoms with Crippen LogP contribution in [0, 0.1) is 0 Å². The van der Waals surface area contributed by atoms with Crippen LogP contribution in [0.3, 0.4) is 0 Å². The van der Waals surface area contributed by atoms with Crippen LogP contribution in [0.1, 0.15) is 6.92 Å². The maximum atomic E-state index is 8.74. The van der Waals surface area contributed by atoms with Crippen molar-refractivity contribution in [2.24, 2.45) is 0 Å². The molecule has 1 saturated heterocycles. The first-order valence-electron chi connectivity index (χ1n) is 3.66. The predicted octanol–water partition coefficient (Wildman–Crippen LogP) is -0.302. The Kier molecular flexibility index (Phi) is 2.65. The van der Waals surface area contributed by atoms with Gasteiger partial charge >= 0.3 is 0 Å². The van der Waals surface area contributed by atoms with Gasteiger partial charge in [0.1, 0.15) is 0 Å². The van der Waals surface area contributed by atoms with E-state index in [4.69, 9.17) is 9.84 Å². The van der Waals surface area contributed by atoms with Crippen molar-refractivity contribution in [3.63, 3.8) is 0 Å². The van der Waals surface area contributed by atoms with E-state index >= 15 is 0 Å². The number of rotatable bonds is 1. The van der Waals surface area contributed by atoms with E-state index in [9.17, 15) is 0 Å². The van der Waals surface area contributed by atoms with Gasteiger partial charge in [0.2, 0.25) is 0 Å². The van der Waals surface area contributed by atoms with Crippen LogP contribution < -0.4 is 0 Å². The summed E-state index contributed by atoms with van der Waals surface area (Å²) in [6, 6.07) is 0.489. The SMILES string of the molecule is C[C@@H]1CO[C@H](CO)CN1C. The van der Waals surface area contributed by atoms with E-state index in [0.29, 0.717) is 6.04 Å². The van der Waals surface area contributed by atoms with E-state index in [1.165, 1.54) is 0 Å². The fourth-order valence-electron chi connectivity index (χ4n) is 1.07. The molecular weight excluding hydrogens is 130 g/mol. The number of morpholine rings is 1. The molecule has 1 fully saturated rings. The Morgan fingerprint density at radius 1 is 1.70 bits per heavy atom. The largest absolute Gasteiger partial charge is 0.394 e. The minimum atomic E-state index is 0.0289. The lowest BCUT2D eigenvalue weighted by molar-refractivity contribution is -0.0694. The monoisotopic (exact) mass is 145 g/mol. The van der Waals surface area contributed by atoms with Gasteiger partial charge in [0, 0.05) is 12.6 Å². The maximum Gasteiger partial charge on any atom is 0.0933 e. The van der Waals surface area contributed by atoms with Crippen molar-refractivity contribution in [1.82, 2.24) is 4.90 Å². The summed E-state index contributed by atoms with van der Waals surface area (Å²) in [4.78, 5) is 2.20. The molecule has 1 rings (SSSR count). The average molecular weight is 145 g/mol. The lowest BCUT2D eigenvalue weighted by Crippen LogP contribution is -2.47. The molecule has 0 aliphatic carbocycles. The molecule has 0 saturated carbocycles. The smallest absolute Gasteiger partial charge is 0.0933 e. The minimum absolute atomic E-state index is 0.0289. The average Bonchev–Trinajstić information content (AvgIpc) is 1.95. The zero-order chi connectivity index (χ0) is 7.56. The second-order valence-electron chi connectivity index (χ2n) is 2.93. The van der Waals surface area contributed by atoms with Gasteiger partial charge in [0.05, 0.1) is 19.3 Å². The second kappa shape index (κ2) is 3.32. The van der Waals surface area contributed by atoms with E-state index in [-0.39, 0.29) is 12.7 Å². The van der Waals surface area contributed by atoms with Crippen LogP contribution in [0.2, 0.25) is 0 Å². The molecule has 3 heteroatoms. The molecule has 0 amide bonds. The van der Waals surface area contributed by atoms with Crippen molar-refractivity contribution < 1.29 is 9.84 Å². The molecule has 0 aromatic rings. The summed E-state index contributed by atoms with van der Waals surface area (Å²) in [5.41, 5.74) is 0. The molecule has 1 aliphatic heterocycles. The molecule has 1 aliphatic rings. The summed E-state index contributed by atoms with van der Waals surface area (Å²) in [6.07, 6.45) is 0.0289. The second-order valence-corrected chi connectivity index (χ2v) is 2.93. The molecule has 1 N–H and O–H groups in total. The Morgan fingerprint density at radius 2 is 2.40 bits per heavy atom. The van der Waals surface area contributed by atoms with Crippen molar-refractivity contribution in [3.05, 3.63) is 0 Å². The van der Waals surface area contributed by atoms with Crippen molar-refractivity contribution in [2.45, 2.75) is 19.1 Å². The Morgan fingerprint density at radius 3 is 2.90 bits per heavy atom. The zero-order valence-corrected chi connectivity index (χ0v) is 6.58. The standard InChI is InChI=1S/C7H15NO2/c1-6-5-10-7(4-9)3-8(6)2/h6-7,9H,3-5H2,1-2H3/t6-,7+/m1/s1. The third kappa shape index (κ3) is 1.68. The third-order valence-electron chi connectivity index (χ3n) is 2.02. The Bertz CT molecular complexity index is 108. The first-order chi connectivity index (χ1) is 4.74. The molecule has 0 bridgehead atoms. The number of hydrogen-bond donors (Lipinski definition) is 1. The van der Waals surface area contributed by atoms with Crippen molar-refractivity contribution >= 4 is 0 Å². The summed E-state index contributed by atoms with van der Waals surface area (Å²) in [5, 5.41) is 8.74. The highest BCUT2D eigenvalue weighted by Crippen LogP contribution is 2.07. The third-order valence-corrected chi connectivity index (χ3v) is 2.02. The molecule has 0 radical (unpaired) electrons. The quantitative estimate of drug-likeness (QED) is 0.550. The number of likely N-dealkylation sites (N-methyl/N-ethyl adjacent to an activating group) is 1. The van der Waals surface area contributed by atoms with Crippen LogP contribution in [0.4, 0.5) is 0 Å². The van der Waals surface area contributed by atoms with Crippen LogP contribution in [-0.4, -0.2) is 49.0 Å². The Hall–Kier alpha value is -0.120. The van der Waals surface area contributed by atoms with Crippen molar-refractivity contribution in [3.8, 4) is 0 Å². The summed E-state index contributed by atoms with van der Waals surface area (Å²) in [6.45, 7) is 3.84. The van der Waals surface area contributed by atoms with Gasteiger partial charge in [-0.3, -0.25) is 4.90 Å². The lowest BCUT2D eigenvalue weighted by atomic mass is 10.2. The van der Waals surface area contributed by atoms with Crippen LogP contribution in [0.25, 0.3) is 0 Å². The van der Waals surface area contributed by atoms with E-state index in [1.807, 2.05) is 0 Å². The fourth-order valence-corrected chi connectivity index (χ4v) is 1.07. The van der Waals surface area contributed by atoms with E-state index in [2.05, 4.69) is 18.9 Å². The lowest BCUT2D eigenvalue weighted by Gasteiger charge is -2.34. The summed E-state index contributed by atoms with van der Waals surface area (Å²) >= 11 is 0. The number of hydrogen-bond acceptors (Lipinski definition) is 3. The number of ether oxygens (including phenoxy) is 1. The Balaban J connectivity index is 2.33. The van der Waals surface area contributed by atoms with Gasteiger partial charge < -0.3 is 9.84 Å². The van der Waals surface area contributed by atoms with Crippen molar-refractivity contribution in [2.75, 3.05) is 26.8 Å². The molecule has 2 atom stereocenters. The molecule has 0 aromatic carbocycles. The van der Waals surface area contributed by atoms with Crippen LogP contribution in [0.15, 0.2) is 0 Å². The van der Waals surface area contributed by atoms with Gasteiger partial charge in [-0.25, -0.2) is 0 Å². The first kappa shape index (κ1) is 7.98. The summed E-state index contributed by atoms with van der Waals surface area (Å²) in [7, 11) is 2.05. The molecule has 60 valence electrons. The van der Waals surface area contributed by atoms with Gasteiger partial charge in [-0.05, 0) is 14.0 Å². The van der Waals surface area contributed by atoms with Crippen LogP contribution in [0.5, 0.6) is 0 Å². The van der Waals surface area contributed by atoms with Gasteiger partial charge in [-0.15, -0.1) is 0 Å². The molecular formula is C7H15NO2. The van der Waals surface area contributed by atoms with E-state index < -0.39 is 0 Å². The van der Waals surface area contributed by atoms with E-state index in [1.54, 1.807) is 0 Å². The highest BCUT2D eigenvalue weighted by Gasteiger charge is 2.21.